The van der Waals surface area contributed by atoms with Crippen LogP contribution in [0.4, 0.5) is 16.5 Å². The van der Waals surface area contributed by atoms with E-state index in [0.29, 0.717) is 29.0 Å². The second-order valence-corrected chi connectivity index (χ2v) is 8.37. The molecule has 1 saturated heterocycles. The number of piperazine rings is 1. The summed E-state index contributed by atoms with van der Waals surface area (Å²) in [6, 6.07) is 14.2. The fourth-order valence-electron chi connectivity index (χ4n) is 3.56. The zero-order valence-corrected chi connectivity index (χ0v) is 19.4. The first-order valence-corrected chi connectivity index (χ1v) is 11.1. The van der Waals surface area contributed by atoms with Gasteiger partial charge >= 0.3 is 12.0 Å². The molecule has 1 aliphatic heterocycles. The molecule has 3 aromatic rings. The molecule has 0 aliphatic carbocycles. The number of methoxy groups -OCH3 is 1. The number of likely N-dealkylation sites (N-methyl/N-ethyl adjacent to an activating group) is 1. The van der Waals surface area contributed by atoms with Crippen LogP contribution in [-0.4, -0.2) is 61.4 Å². The van der Waals surface area contributed by atoms with Crippen LogP contribution in [0.5, 0.6) is 5.75 Å². The average molecular weight is 471 g/mol. The van der Waals surface area contributed by atoms with Gasteiger partial charge in [-0.2, -0.15) is 4.98 Å². The fourth-order valence-corrected chi connectivity index (χ4v) is 3.68. The maximum Gasteiger partial charge on any atom is 0.324 e. The summed E-state index contributed by atoms with van der Waals surface area (Å²) < 4.78 is 10.8. The molecule has 2 N–H and O–H groups in total. The molecule has 2 aromatic carbocycles. The molecule has 174 valence electrons. The summed E-state index contributed by atoms with van der Waals surface area (Å²) >= 11 is 5.93. The van der Waals surface area contributed by atoms with Gasteiger partial charge in [0.2, 0.25) is 0 Å². The molecule has 2 amide bonds. The highest BCUT2D eigenvalue weighted by Gasteiger charge is 2.25. The van der Waals surface area contributed by atoms with Gasteiger partial charge < -0.3 is 29.7 Å². The van der Waals surface area contributed by atoms with E-state index in [2.05, 4.69) is 37.6 Å². The van der Waals surface area contributed by atoms with Crippen molar-refractivity contribution in [2.75, 3.05) is 50.6 Å². The van der Waals surface area contributed by atoms with E-state index >= 15 is 0 Å². The molecule has 1 atom stereocenters. The molecule has 1 aromatic heterocycles. The number of carbonyl (C=O) groups excluding carboxylic acids is 1. The Morgan fingerprint density at radius 3 is 2.48 bits per heavy atom. The number of benzene rings is 2. The molecule has 1 unspecified atom stereocenters. The summed E-state index contributed by atoms with van der Waals surface area (Å²) in [7, 11) is 3.71. The molecule has 0 bridgehead atoms. The molecule has 9 nitrogen and oxygen atoms in total. The van der Waals surface area contributed by atoms with Crippen LogP contribution < -0.4 is 20.3 Å². The number of aromatic nitrogens is 2. The normalized spacial score (nSPS) is 15.2. The summed E-state index contributed by atoms with van der Waals surface area (Å²) in [5.74, 6) is 1.19. The predicted octanol–water partition coefficient (Wildman–Crippen LogP) is 3.59. The van der Waals surface area contributed by atoms with Crippen molar-refractivity contribution in [3.05, 3.63) is 64.9 Å². The lowest BCUT2D eigenvalue weighted by atomic mass is 10.1. The summed E-state index contributed by atoms with van der Waals surface area (Å²) in [6.45, 7) is 3.47. The minimum atomic E-state index is -0.490. The highest BCUT2D eigenvalue weighted by atomic mass is 35.5. The van der Waals surface area contributed by atoms with Gasteiger partial charge in [0.15, 0.2) is 5.82 Å². The number of anilines is 2. The van der Waals surface area contributed by atoms with Gasteiger partial charge in [0.25, 0.3) is 0 Å². The molecular formula is C23H27ClN6O3. The first-order chi connectivity index (χ1) is 16.0. The van der Waals surface area contributed by atoms with Gasteiger partial charge in [-0.05, 0) is 49.0 Å². The van der Waals surface area contributed by atoms with Gasteiger partial charge in [0, 0.05) is 43.3 Å². The SMILES string of the molecule is COc1ccc(CC(NC(=O)Nc2ccc(Cl)cc2)c2noc(N3CCN(C)CC3)n2)cc1. The van der Waals surface area contributed by atoms with Crippen LogP contribution in [0.25, 0.3) is 0 Å². The Morgan fingerprint density at radius 2 is 1.82 bits per heavy atom. The number of nitrogens with zero attached hydrogens (tertiary/aromatic N) is 4. The van der Waals surface area contributed by atoms with E-state index in [1.54, 1.807) is 31.4 Å². The Kier molecular flexibility index (Phi) is 7.31. The topological polar surface area (TPSA) is 95.8 Å². The Labute approximate surface area is 197 Å². The number of halogens is 1. The van der Waals surface area contributed by atoms with Gasteiger partial charge in [-0.25, -0.2) is 4.79 Å². The van der Waals surface area contributed by atoms with Crippen molar-refractivity contribution in [3.63, 3.8) is 0 Å². The van der Waals surface area contributed by atoms with Gasteiger partial charge in [0.05, 0.1) is 13.2 Å². The number of carbonyl (C=O) groups is 1. The lowest BCUT2D eigenvalue weighted by Crippen LogP contribution is -2.44. The quantitative estimate of drug-likeness (QED) is 0.544. The van der Waals surface area contributed by atoms with Crippen LogP contribution >= 0.6 is 11.6 Å². The van der Waals surface area contributed by atoms with Crippen molar-refractivity contribution in [3.8, 4) is 5.75 Å². The van der Waals surface area contributed by atoms with E-state index in [0.717, 1.165) is 37.5 Å². The van der Waals surface area contributed by atoms with Crippen LogP contribution in [0.15, 0.2) is 53.1 Å². The Morgan fingerprint density at radius 1 is 1.12 bits per heavy atom. The zero-order valence-electron chi connectivity index (χ0n) is 18.6. The van der Waals surface area contributed by atoms with Crippen LogP contribution in [0.2, 0.25) is 5.02 Å². The second kappa shape index (κ2) is 10.5. The van der Waals surface area contributed by atoms with E-state index in [9.17, 15) is 4.79 Å². The maximum absolute atomic E-state index is 12.7. The van der Waals surface area contributed by atoms with E-state index in [-0.39, 0.29) is 6.03 Å². The molecule has 1 aliphatic rings. The van der Waals surface area contributed by atoms with Crippen LogP contribution in [0.3, 0.4) is 0 Å². The van der Waals surface area contributed by atoms with E-state index in [1.807, 2.05) is 24.3 Å². The van der Waals surface area contributed by atoms with Crippen molar-refractivity contribution < 1.29 is 14.1 Å². The molecule has 0 radical (unpaired) electrons. The van der Waals surface area contributed by atoms with Crippen molar-refractivity contribution in [1.82, 2.24) is 20.4 Å². The van der Waals surface area contributed by atoms with E-state index < -0.39 is 6.04 Å². The Balaban J connectivity index is 1.50. The number of hydrogen-bond acceptors (Lipinski definition) is 7. The first-order valence-electron chi connectivity index (χ1n) is 10.7. The van der Waals surface area contributed by atoms with Gasteiger partial charge in [-0.3, -0.25) is 0 Å². The third-order valence-electron chi connectivity index (χ3n) is 5.52. The van der Waals surface area contributed by atoms with Crippen LogP contribution in [0.1, 0.15) is 17.4 Å². The maximum atomic E-state index is 12.7. The Bertz CT molecular complexity index is 1050. The monoisotopic (exact) mass is 470 g/mol. The minimum absolute atomic E-state index is 0.373. The smallest absolute Gasteiger partial charge is 0.324 e. The third-order valence-corrected chi connectivity index (χ3v) is 5.77. The standard InChI is InChI=1S/C23H27ClN6O3/c1-29-11-13-30(14-12-29)23-27-21(28-33-23)20(15-16-3-9-19(32-2)10-4-16)26-22(31)25-18-7-5-17(24)6-8-18/h3-10,20H,11-15H2,1-2H3,(H2,25,26,31). The summed E-state index contributed by atoms with van der Waals surface area (Å²) in [6.07, 6.45) is 0.486. The number of hydrogen-bond donors (Lipinski definition) is 2. The summed E-state index contributed by atoms with van der Waals surface area (Å²) in [4.78, 5) is 21.7. The van der Waals surface area contributed by atoms with Crippen LogP contribution in [-0.2, 0) is 6.42 Å². The predicted molar refractivity (Wildman–Crippen MR) is 127 cm³/mol. The average Bonchev–Trinajstić information content (AvgIpc) is 3.31. The summed E-state index contributed by atoms with van der Waals surface area (Å²) in [5, 5.41) is 10.6. The summed E-state index contributed by atoms with van der Waals surface area (Å²) in [5.41, 5.74) is 1.63. The first kappa shape index (κ1) is 22.9. The van der Waals surface area contributed by atoms with Crippen molar-refractivity contribution in [2.24, 2.45) is 0 Å². The Hall–Kier alpha value is -3.30. The highest BCUT2D eigenvalue weighted by Crippen LogP contribution is 2.22. The molecule has 1 fully saturated rings. The minimum Gasteiger partial charge on any atom is -0.497 e. The number of nitrogens with one attached hydrogen (secondary N) is 2. The van der Waals surface area contributed by atoms with Gasteiger partial charge in [-0.1, -0.05) is 28.9 Å². The van der Waals surface area contributed by atoms with Gasteiger partial charge in [-0.15, -0.1) is 0 Å². The molecule has 2 heterocycles. The molecule has 33 heavy (non-hydrogen) atoms. The fraction of sp³-hybridized carbons (Fsp3) is 0.348. The van der Waals surface area contributed by atoms with Gasteiger partial charge in [0.1, 0.15) is 5.75 Å². The zero-order chi connectivity index (χ0) is 23.2. The number of amides is 2. The van der Waals surface area contributed by atoms with E-state index in [1.165, 1.54) is 0 Å². The number of rotatable bonds is 7. The number of ether oxygens (including phenoxy) is 1. The van der Waals surface area contributed by atoms with Crippen molar-refractivity contribution in [2.45, 2.75) is 12.5 Å². The molecule has 0 spiro atoms. The molecule has 0 saturated carbocycles. The molecular weight excluding hydrogens is 444 g/mol. The largest absolute Gasteiger partial charge is 0.497 e. The highest BCUT2D eigenvalue weighted by molar-refractivity contribution is 6.30. The third kappa shape index (κ3) is 6.15. The molecule has 10 heteroatoms. The second-order valence-electron chi connectivity index (χ2n) is 7.94. The van der Waals surface area contributed by atoms with E-state index in [4.69, 9.17) is 20.9 Å². The molecule has 4 rings (SSSR count). The van der Waals surface area contributed by atoms with Crippen molar-refractivity contribution in [1.29, 1.82) is 0 Å². The van der Waals surface area contributed by atoms with Crippen LogP contribution in [0, 0.1) is 0 Å². The number of urea groups is 1. The van der Waals surface area contributed by atoms with Crippen molar-refractivity contribution >= 4 is 29.3 Å². The lowest BCUT2D eigenvalue weighted by Gasteiger charge is -2.30. The lowest BCUT2D eigenvalue weighted by molar-refractivity contribution is 0.247.